The summed E-state index contributed by atoms with van der Waals surface area (Å²) < 4.78 is 37.6. The van der Waals surface area contributed by atoms with E-state index in [9.17, 15) is 24.1 Å². The second kappa shape index (κ2) is 18.5. The van der Waals surface area contributed by atoms with Crippen LogP contribution in [0.2, 0.25) is 0 Å². The molecule has 3 atom stereocenters. The van der Waals surface area contributed by atoms with Crippen molar-refractivity contribution < 1.29 is 43.0 Å². The highest BCUT2D eigenvalue weighted by molar-refractivity contribution is 8.77. The van der Waals surface area contributed by atoms with E-state index in [-0.39, 0.29) is 66.8 Å². The number of esters is 1. The van der Waals surface area contributed by atoms with E-state index < -0.39 is 7.14 Å². The highest BCUT2D eigenvalue weighted by Gasteiger charge is 2.36. The predicted octanol–water partition coefficient (Wildman–Crippen LogP) is 7.33. The summed E-state index contributed by atoms with van der Waals surface area (Å²) in [5.41, 5.74) is 4.89. The number of hydrogen-bond donors (Lipinski definition) is 1. The Morgan fingerprint density at radius 3 is 2.37 bits per heavy atom. The van der Waals surface area contributed by atoms with Gasteiger partial charge in [0.05, 0.1) is 58.5 Å². The van der Waals surface area contributed by atoms with Crippen LogP contribution in [-0.4, -0.2) is 120 Å². The normalized spacial score (nSPS) is 19.9. The maximum atomic E-state index is 14.7. The summed E-state index contributed by atoms with van der Waals surface area (Å²) in [6, 6.07) is 6.95. The van der Waals surface area contributed by atoms with E-state index in [0.29, 0.717) is 83.9 Å². The fraction of sp³-hybridized carbons (Fsp3) is 0.524. The number of benzene rings is 2. The molecule has 0 radical (unpaired) electrons. The number of aryl methyl sites for hydroxylation is 1. The van der Waals surface area contributed by atoms with Crippen LogP contribution in [0.15, 0.2) is 53.6 Å². The van der Waals surface area contributed by atoms with Crippen molar-refractivity contribution in [2.45, 2.75) is 75.8 Å². The molecule has 0 bridgehead atoms. The Morgan fingerprint density at radius 1 is 0.947 bits per heavy atom. The first kappa shape index (κ1) is 42.9. The van der Waals surface area contributed by atoms with Crippen molar-refractivity contribution in [3.05, 3.63) is 70.8 Å². The first-order valence-electron chi connectivity index (χ1n) is 19.4. The number of methoxy groups -OCH3 is 2. The Labute approximate surface area is 343 Å². The minimum atomic E-state index is -2.90. The SMILES string of the molecule is C=C1C[C@H]2CCc3cc(OCCP(=O)(CCOc4cc5c(cc4CO)C(=O)N4CC(=C)C[C@H]4C=N5)CCSSC(C)(C)CCC(=O)OC)c(OC)cc3C(=O)N2C1. The molecule has 0 aromatic heterocycles. The molecule has 308 valence electrons. The molecule has 0 saturated carbocycles. The lowest BCUT2D eigenvalue weighted by molar-refractivity contribution is -0.140. The topological polar surface area (TPSA) is 144 Å². The molecule has 1 unspecified atom stereocenters. The van der Waals surface area contributed by atoms with Crippen LogP contribution in [0.4, 0.5) is 5.69 Å². The van der Waals surface area contributed by atoms with Crippen LogP contribution in [0.1, 0.15) is 77.8 Å². The summed E-state index contributed by atoms with van der Waals surface area (Å²) in [6.45, 7) is 13.3. The number of amides is 2. The number of aliphatic imine (C=N–C) groups is 1. The average Bonchev–Trinajstić information content (AvgIpc) is 3.70. The number of hydrogen-bond acceptors (Lipinski definition) is 12. The Hall–Kier alpha value is -3.71. The van der Waals surface area contributed by atoms with Gasteiger partial charge in [0, 0.05) is 77.9 Å². The van der Waals surface area contributed by atoms with Gasteiger partial charge in [0.1, 0.15) is 5.75 Å². The van der Waals surface area contributed by atoms with Crippen molar-refractivity contribution in [3.63, 3.8) is 0 Å². The van der Waals surface area contributed by atoms with E-state index in [1.807, 2.05) is 11.0 Å². The van der Waals surface area contributed by atoms with Gasteiger partial charge in [-0.1, -0.05) is 45.9 Å². The van der Waals surface area contributed by atoms with Crippen LogP contribution in [0.5, 0.6) is 17.2 Å². The minimum Gasteiger partial charge on any atom is -0.493 e. The fourth-order valence-electron chi connectivity index (χ4n) is 7.72. The number of carbonyl (C=O) groups excluding carboxylic acids is 3. The maximum absolute atomic E-state index is 14.7. The summed E-state index contributed by atoms with van der Waals surface area (Å²) in [5.74, 6) is 1.53. The lowest BCUT2D eigenvalue weighted by Crippen LogP contribution is -2.35. The zero-order valence-electron chi connectivity index (χ0n) is 33.4. The van der Waals surface area contributed by atoms with Gasteiger partial charge in [0.2, 0.25) is 0 Å². The van der Waals surface area contributed by atoms with Gasteiger partial charge in [0.25, 0.3) is 11.8 Å². The molecule has 4 aliphatic rings. The molecule has 4 aliphatic heterocycles. The van der Waals surface area contributed by atoms with Crippen LogP contribution in [0.25, 0.3) is 0 Å². The minimum absolute atomic E-state index is 0.0202. The smallest absolute Gasteiger partial charge is 0.305 e. The molecule has 2 aromatic rings. The number of aliphatic hydroxyl groups excluding tert-OH is 1. The molecule has 57 heavy (non-hydrogen) atoms. The van der Waals surface area contributed by atoms with Gasteiger partial charge >= 0.3 is 5.97 Å². The van der Waals surface area contributed by atoms with Gasteiger partial charge in [0.15, 0.2) is 11.5 Å². The van der Waals surface area contributed by atoms with Gasteiger partial charge in [-0.2, -0.15) is 0 Å². The summed E-state index contributed by atoms with van der Waals surface area (Å²) in [6.07, 6.45) is 6.76. The third kappa shape index (κ3) is 10.3. The number of carbonyl (C=O) groups is 3. The van der Waals surface area contributed by atoms with Crippen molar-refractivity contribution >= 4 is 58.4 Å². The summed E-state index contributed by atoms with van der Waals surface area (Å²) in [5, 5.41) is 10.3. The number of fused-ring (bicyclic) bond motifs is 4. The lowest BCUT2D eigenvalue weighted by atomic mass is 10.00. The molecule has 15 heteroatoms. The van der Waals surface area contributed by atoms with Crippen molar-refractivity contribution in [2.24, 2.45) is 4.99 Å². The number of nitrogens with zero attached hydrogens (tertiary/aromatic N) is 3. The highest BCUT2D eigenvalue weighted by atomic mass is 33.1. The highest BCUT2D eigenvalue weighted by Crippen LogP contribution is 2.48. The second-order valence-corrected chi connectivity index (χ2v) is 22.4. The molecular formula is C42H54N3O9PS2. The quantitative estimate of drug-likeness (QED) is 0.0530. The molecular weight excluding hydrogens is 786 g/mol. The van der Waals surface area contributed by atoms with Gasteiger partial charge in [-0.15, -0.1) is 0 Å². The van der Waals surface area contributed by atoms with Crippen LogP contribution in [0, 0.1) is 0 Å². The van der Waals surface area contributed by atoms with Gasteiger partial charge in [-0.05, 0) is 69.7 Å². The van der Waals surface area contributed by atoms with Gasteiger partial charge < -0.3 is 38.4 Å². The molecule has 2 saturated heterocycles. The molecule has 1 N–H and O–H groups in total. The van der Waals surface area contributed by atoms with E-state index in [2.05, 4.69) is 32.0 Å². The van der Waals surface area contributed by atoms with E-state index in [4.69, 9.17) is 18.9 Å². The summed E-state index contributed by atoms with van der Waals surface area (Å²) in [4.78, 5) is 47.0. The molecule has 0 aliphatic carbocycles. The molecule has 12 nitrogen and oxygen atoms in total. The number of aliphatic hydroxyl groups is 1. The van der Waals surface area contributed by atoms with Crippen molar-refractivity contribution in [2.75, 3.05) is 64.8 Å². The Bertz CT molecular complexity index is 1990. The lowest BCUT2D eigenvalue weighted by Gasteiger charge is -2.24. The maximum Gasteiger partial charge on any atom is 0.305 e. The summed E-state index contributed by atoms with van der Waals surface area (Å²) >= 11 is 0. The monoisotopic (exact) mass is 839 g/mol. The average molecular weight is 840 g/mol. The van der Waals surface area contributed by atoms with Crippen LogP contribution < -0.4 is 14.2 Å². The van der Waals surface area contributed by atoms with Crippen molar-refractivity contribution in [1.82, 2.24) is 9.80 Å². The molecule has 0 spiro atoms. The zero-order chi connectivity index (χ0) is 40.9. The van der Waals surface area contributed by atoms with Crippen LogP contribution in [-0.2, 0) is 27.1 Å². The van der Waals surface area contributed by atoms with Crippen molar-refractivity contribution in [1.29, 1.82) is 0 Å². The Morgan fingerprint density at radius 2 is 1.65 bits per heavy atom. The molecule has 2 aromatic carbocycles. The fourth-order valence-corrected chi connectivity index (χ4v) is 13.6. The molecule has 6 rings (SSSR count). The standard InChI is InChI=1S/C42H54N3O9PS2/c1-27-17-31-8-7-29-20-38(37(51-5)21-33(29)40(48)44(31)24-27)54-12-14-55(50,15-16-56-57-42(3,4)10-9-39(47)52-6)13-11-53-36-22-35-34(19-30(36)26-46)41(49)45-25-28(2)18-32(45)23-43-35/h19-23,31-32,46H,1-2,7-18,24-26H2,3-6H3/t31-,32+,55?/m1/s1. The van der Waals surface area contributed by atoms with E-state index in [1.54, 1.807) is 58.0 Å². The van der Waals surface area contributed by atoms with Gasteiger partial charge in [-0.25, -0.2) is 0 Å². The second-order valence-electron chi connectivity index (χ2n) is 15.8. The molecule has 2 fully saturated rings. The number of ether oxygens (including phenoxy) is 4. The van der Waals surface area contributed by atoms with E-state index in [1.165, 1.54) is 7.11 Å². The first-order chi connectivity index (χ1) is 27.2. The predicted molar refractivity (Wildman–Crippen MR) is 228 cm³/mol. The first-order valence-corrected chi connectivity index (χ1v) is 24.0. The van der Waals surface area contributed by atoms with E-state index in [0.717, 1.165) is 36.0 Å². The molecule has 4 heterocycles. The summed E-state index contributed by atoms with van der Waals surface area (Å²) in [7, 11) is 3.32. The van der Waals surface area contributed by atoms with E-state index >= 15 is 0 Å². The number of rotatable bonds is 18. The third-order valence-electron chi connectivity index (χ3n) is 11.0. The Balaban J connectivity index is 1.14. The van der Waals surface area contributed by atoms with Crippen LogP contribution >= 0.6 is 28.7 Å². The third-order valence-corrected chi connectivity index (χ3v) is 17.7. The Kier molecular flexibility index (Phi) is 13.9. The van der Waals surface area contributed by atoms with Crippen LogP contribution in [0.3, 0.4) is 0 Å². The largest absolute Gasteiger partial charge is 0.493 e. The van der Waals surface area contributed by atoms with Gasteiger partial charge in [-0.3, -0.25) is 19.4 Å². The zero-order valence-corrected chi connectivity index (χ0v) is 35.9. The molecule has 2 amide bonds. The van der Waals surface area contributed by atoms with Crippen molar-refractivity contribution in [3.8, 4) is 17.2 Å².